The molecule has 3 nitrogen and oxygen atoms in total. The lowest BCUT2D eigenvalue weighted by molar-refractivity contribution is 0.202. The number of para-hydroxylation sites is 2. The highest BCUT2D eigenvalue weighted by atomic mass is 16.5. The van der Waals surface area contributed by atoms with Crippen LogP contribution in [0.5, 0.6) is 5.75 Å². The first-order chi connectivity index (χ1) is 9.72. The number of methoxy groups -OCH3 is 1. The number of benzene rings is 2. The fourth-order valence-electron chi connectivity index (χ4n) is 2.26. The minimum atomic E-state index is 0.0416. The van der Waals surface area contributed by atoms with Crippen LogP contribution in [0.1, 0.15) is 24.1 Å². The minimum absolute atomic E-state index is 0.0416. The molecular weight excluding hydrogens is 250 g/mol. The summed E-state index contributed by atoms with van der Waals surface area (Å²) in [5.41, 5.74) is 3.20. The minimum Gasteiger partial charge on any atom is -0.508 e. The second-order valence-corrected chi connectivity index (χ2v) is 4.82. The summed E-state index contributed by atoms with van der Waals surface area (Å²) in [4.78, 5) is 0. The molecule has 20 heavy (non-hydrogen) atoms. The molecule has 1 unspecified atom stereocenters. The van der Waals surface area contributed by atoms with E-state index in [1.807, 2.05) is 37.3 Å². The Morgan fingerprint density at radius 3 is 2.55 bits per heavy atom. The third-order valence-corrected chi connectivity index (χ3v) is 3.37. The van der Waals surface area contributed by atoms with Crippen LogP contribution in [0.15, 0.2) is 48.5 Å². The molecule has 0 saturated carbocycles. The molecule has 0 radical (unpaired) electrons. The number of ether oxygens (including phenoxy) is 1. The van der Waals surface area contributed by atoms with Crippen LogP contribution in [-0.2, 0) is 11.2 Å². The summed E-state index contributed by atoms with van der Waals surface area (Å²) in [6.07, 6.45) is 0.868. The maximum atomic E-state index is 9.91. The molecule has 0 amide bonds. The SMILES string of the molecule is COCCc1ccccc1NC(C)c1ccccc1O. The zero-order chi connectivity index (χ0) is 14.4. The number of rotatable bonds is 6. The van der Waals surface area contributed by atoms with Crippen molar-refractivity contribution in [3.63, 3.8) is 0 Å². The Morgan fingerprint density at radius 1 is 1.10 bits per heavy atom. The van der Waals surface area contributed by atoms with Gasteiger partial charge >= 0.3 is 0 Å². The van der Waals surface area contributed by atoms with Crippen molar-refractivity contribution in [1.82, 2.24) is 0 Å². The lowest BCUT2D eigenvalue weighted by Crippen LogP contribution is -2.09. The highest BCUT2D eigenvalue weighted by Gasteiger charge is 2.11. The van der Waals surface area contributed by atoms with Gasteiger partial charge < -0.3 is 15.2 Å². The molecule has 0 aliphatic rings. The molecule has 0 aliphatic carbocycles. The Labute approximate surface area is 120 Å². The van der Waals surface area contributed by atoms with E-state index in [9.17, 15) is 5.11 Å². The predicted octanol–water partition coefficient (Wildman–Crippen LogP) is 3.75. The van der Waals surface area contributed by atoms with E-state index in [4.69, 9.17) is 4.74 Å². The summed E-state index contributed by atoms with van der Waals surface area (Å²) in [5, 5.41) is 13.4. The maximum Gasteiger partial charge on any atom is 0.120 e. The molecule has 0 bridgehead atoms. The summed E-state index contributed by atoms with van der Waals surface area (Å²) < 4.78 is 5.14. The molecule has 2 N–H and O–H groups in total. The summed E-state index contributed by atoms with van der Waals surface area (Å²) in [5.74, 6) is 0.321. The van der Waals surface area contributed by atoms with E-state index in [0.717, 1.165) is 17.7 Å². The maximum absolute atomic E-state index is 9.91. The van der Waals surface area contributed by atoms with E-state index in [2.05, 4.69) is 17.4 Å². The van der Waals surface area contributed by atoms with E-state index in [1.54, 1.807) is 13.2 Å². The first kappa shape index (κ1) is 14.4. The smallest absolute Gasteiger partial charge is 0.120 e. The van der Waals surface area contributed by atoms with Crippen LogP contribution in [0, 0.1) is 0 Å². The van der Waals surface area contributed by atoms with E-state index < -0.39 is 0 Å². The lowest BCUT2D eigenvalue weighted by atomic mass is 10.0. The molecule has 2 aromatic rings. The Hall–Kier alpha value is -2.00. The quantitative estimate of drug-likeness (QED) is 0.840. The van der Waals surface area contributed by atoms with Gasteiger partial charge in [0.25, 0.3) is 0 Å². The molecule has 106 valence electrons. The van der Waals surface area contributed by atoms with Crippen LogP contribution < -0.4 is 5.32 Å². The number of hydrogen-bond donors (Lipinski definition) is 2. The average molecular weight is 271 g/mol. The fraction of sp³-hybridized carbons (Fsp3) is 0.294. The van der Waals surface area contributed by atoms with E-state index in [0.29, 0.717) is 12.4 Å². The number of phenolic OH excluding ortho intramolecular Hbond substituents is 1. The number of aromatic hydroxyl groups is 1. The van der Waals surface area contributed by atoms with Crippen LogP contribution in [0.4, 0.5) is 5.69 Å². The van der Waals surface area contributed by atoms with Crippen molar-refractivity contribution in [2.24, 2.45) is 0 Å². The molecule has 0 spiro atoms. The van der Waals surface area contributed by atoms with E-state index in [1.165, 1.54) is 5.56 Å². The molecule has 0 aliphatic heterocycles. The molecule has 0 heterocycles. The van der Waals surface area contributed by atoms with Gasteiger partial charge in [-0.05, 0) is 31.0 Å². The largest absolute Gasteiger partial charge is 0.508 e. The van der Waals surface area contributed by atoms with Gasteiger partial charge in [0, 0.05) is 18.4 Å². The van der Waals surface area contributed by atoms with Gasteiger partial charge in [0.1, 0.15) is 5.75 Å². The second kappa shape index (κ2) is 6.96. The summed E-state index contributed by atoms with van der Waals surface area (Å²) in [7, 11) is 1.71. The predicted molar refractivity (Wildman–Crippen MR) is 82.2 cm³/mol. The van der Waals surface area contributed by atoms with Crippen LogP contribution in [0.3, 0.4) is 0 Å². The average Bonchev–Trinajstić information content (AvgIpc) is 2.46. The number of anilines is 1. The van der Waals surface area contributed by atoms with Crippen molar-refractivity contribution in [3.8, 4) is 5.75 Å². The van der Waals surface area contributed by atoms with Gasteiger partial charge in [0.05, 0.1) is 12.6 Å². The van der Waals surface area contributed by atoms with Crippen molar-refractivity contribution >= 4 is 5.69 Å². The molecular formula is C17H21NO2. The van der Waals surface area contributed by atoms with Gasteiger partial charge in [-0.1, -0.05) is 36.4 Å². The van der Waals surface area contributed by atoms with Crippen LogP contribution in [0.2, 0.25) is 0 Å². The number of hydrogen-bond acceptors (Lipinski definition) is 3. The van der Waals surface area contributed by atoms with E-state index >= 15 is 0 Å². The zero-order valence-electron chi connectivity index (χ0n) is 12.0. The van der Waals surface area contributed by atoms with Gasteiger partial charge in [-0.3, -0.25) is 0 Å². The first-order valence-corrected chi connectivity index (χ1v) is 6.83. The third kappa shape index (κ3) is 3.52. The molecule has 0 aromatic heterocycles. The number of nitrogens with one attached hydrogen (secondary N) is 1. The van der Waals surface area contributed by atoms with E-state index in [-0.39, 0.29) is 6.04 Å². The zero-order valence-corrected chi connectivity index (χ0v) is 12.0. The Balaban J connectivity index is 2.15. The fourth-order valence-corrected chi connectivity index (χ4v) is 2.26. The Bertz CT molecular complexity index is 554. The molecule has 0 fully saturated rings. The van der Waals surface area contributed by atoms with Gasteiger partial charge in [0.2, 0.25) is 0 Å². The molecule has 2 rings (SSSR count). The van der Waals surface area contributed by atoms with Crippen molar-refractivity contribution in [2.75, 3.05) is 19.0 Å². The second-order valence-electron chi connectivity index (χ2n) is 4.82. The highest BCUT2D eigenvalue weighted by molar-refractivity contribution is 5.53. The highest BCUT2D eigenvalue weighted by Crippen LogP contribution is 2.28. The van der Waals surface area contributed by atoms with Crippen LogP contribution >= 0.6 is 0 Å². The van der Waals surface area contributed by atoms with Crippen molar-refractivity contribution in [1.29, 1.82) is 0 Å². The molecule has 1 atom stereocenters. The summed E-state index contributed by atoms with van der Waals surface area (Å²) in [6.45, 7) is 2.74. The number of phenols is 1. The van der Waals surface area contributed by atoms with Gasteiger partial charge in [-0.25, -0.2) is 0 Å². The third-order valence-electron chi connectivity index (χ3n) is 3.37. The molecule has 2 aromatic carbocycles. The Kier molecular flexibility index (Phi) is 5.02. The van der Waals surface area contributed by atoms with Gasteiger partial charge in [-0.2, -0.15) is 0 Å². The molecule has 3 heteroatoms. The topological polar surface area (TPSA) is 41.5 Å². The normalized spacial score (nSPS) is 12.1. The van der Waals surface area contributed by atoms with Gasteiger partial charge in [-0.15, -0.1) is 0 Å². The summed E-state index contributed by atoms with van der Waals surface area (Å²) in [6, 6.07) is 15.6. The molecule has 0 saturated heterocycles. The monoisotopic (exact) mass is 271 g/mol. The van der Waals surface area contributed by atoms with Crippen LogP contribution in [-0.4, -0.2) is 18.8 Å². The standard InChI is InChI=1S/C17H21NO2/c1-13(15-8-4-6-10-17(15)19)18-16-9-5-3-7-14(16)11-12-20-2/h3-10,13,18-19H,11-12H2,1-2H3. The van der Waals surface area contributed by atoms with Crippen molar-refractivity contribution in [2.45, 2.75) is 19.4 Å². The van der Waals surface area contributed by atoms with Gasteiger partial charge in [0.15, 0.2) is 0 Å². The summed E-state index contributed by atoms with van der Waals surface area (Å²) >= 11 is 0. The van der Waals surface area contributed by atoms with Crippen molar-refractivity contribution < 1.29 is 9.84 Å². The Morgan fingerprint density at radius 2 is 1.80 bits per heavy atom. The first-order valence-electron chi connectivity index (χ1n) is 6.83. The van der Waals surface area contributed by atoms with Crippen molar-refractivity contribution in [3.05, 3.63) is 59.7 Å². The van der Waals surface area contributed by atoms with Crippen LogP contribution in [0.25, 0.3) is 0 Å². The lowest BCUT2D eigenvalue weighted by Gasteiger charge is -2.19.